The first-order chi connectivity index (χ1) is 11.5. The summed E-state index contributed by atoms with van der Waals surface area (Å²) in [5.74, 6) is 0.882. The normalized spacial score (nSPS) is 16.2. The third-order valence-electron chi connectivity index (χ3n) is 4.61. The number of hydrogen-bond donors (Lipinski definition) is 1. The summed E-state index contributed by atoms with van der Waals surface area (Å²) in [6, 6.07) is 7.08. The summed E-state index contributed by atoms with van der Waals surface area (Å²) in [6.45, 7) is 6.65. The summed E-state index contributed by atoms with van der Waals surface area (Å²) in [7, 11) is 0. The quantitative estimate of drug-likeness (QED) is 0.669. The molecule has 1 fully saturated rings. The van der Waals surface area contributed by atoms with Crippen molar-refractivity contribution in [1.82, 2.24) is 10.1 Å². The van der Waals surface area contributed by atoms with Crippen LogP contribution in [-0.4, -0.2) is 34.1 Å². The van der Waals surface area contributed by atoms with Crippen LogP contribution in [0.1, 0.15) is 29.9 Å². The minimum Gasteiger partial charge on any atom is -0.377 e. The van der Waals surface area contributed by atoms with Gasteiger partial charge in [0.1, 0.15) is 11.4 Å². The fraction of sp³-hybridized carbons (Fsp3) is 0.471. The van der Waals surface area contributed by atoms with Crippen molar-refractivity contribution in [2.45, 2.75) is 39.3 Å². The lowest BCUT2D eigenvalue weighted by molar-refractivity contribution is -0.384. The van der Waals surface area contributed by atoms with Gasteiger partial charge in [0.2, 0.25) is 0 Å². The minimum absolute atomic E-state index is 0.135. The second kappa shape index (κ2) is 7.00. The largest absolute Gasteiger partial charge is 0.377 e. The average Bonchev–Trinajstić information content (AvgIpc) is 2.89. The Kier molecular flexibility index (Phi) is 4.80. The number of nitro benzene ring substituents is 1. The number of para-hydroxylation sites is 2. The van der Waals surface area contributed by atoms with E-state index in [1.807, 2.05) is 19.9 Å². The topological polar surface area (TPSA) is 84.4 Å². The van der Waals surface area contributed by atoms with E-state index in [4.69, 9.17) is 4.52 Å². The fourth-order valence-electron chi connectivity index (χ4n) is 3.16. The van der Waals surface area contributed by atoms with Crippen molar-refractivity contribution in [3.05, 3.63) is 51.4 Å². The molecule has 1 aliphatic rings. The van der Waals surface area contributed by atoms with Crippen molar-refractivity contribution in [2.24, 2.45) is 0 Å². The van der Waals surface area contributed by atoms with Gasteiger partial charge in [-0.15, -0.1) is 0 Å². The van der Waals surface area contributed by atoms with Crippen molar-refractivity contribution in [3.8, 4) is 0 Å². The predicted molar refractivity (Wildman–Crippen MR) is 91.0 cm³/mol. The molecule has 2 aromatic rings. The number of nitro groups is 1. The van der Waals surface area contributed by atoms with E-state index in [0.717, 1.165) is 43.9 Å². The molecular formula is C17H22N4O3. The number of likely N-dealkylation sites (tertiary alicyclic amines) is 1. The number of piperidine rings is 1. The Morgan fingerprint density at radius 3 is 2.67 bits per heavy atom. The predicted octanol–water partition coefficient (Wildman–Crippen LogP) is 3.28. The summed E-state index contributed by atoms with van der Waals surface area (Å²) < 4.78 is 5.22. The summed E-state index contributed by atoms with van der Waals surface area (Å²) in [4.78, 5) is 13.1. The Bertz CT molecular complexity index is 701. The Labute approximate surface area is 140 Å². The van der Waals surface area contributed by atoms with Gasteiger partial charge in [0.25, 0.3) is 5.69 Å². The summed E-state index contributed by atoms with van der Waals surface area (Å²) in [6.07, 6.45) is 1.91. The van der Waals surface area contributed by atoms with E-state index in [0.29, 0.717) is 5.69 Å². The van der Waals surface area contributed by atoms with E-state index in [9.17, 15) is 10.1 Å². The van der Waals surface area contributed by atoms with E-state index in [1.54, 1.807) is 12.1 Å². The summed E-state index contributed by atoms with van der Waals surface area (Å²) in [5.41, 5.74) is 2.86. The van der Waals surface area contributed by atoms with Gasteiger partial charge in [-0.2, -0.15) is 0 Å². The van der Waals surface area contributed by atoms with Gasteiger partial charge in [0.15, 0.2) is 0 Å². The lowest BCUT2D eigenvalue weighted by Gasteiger charge is -2.32. The number of aromatic nitrogens is 1. The van der Waals surface area contributed by atoms with E-state index < -0.39 is 0 Å². The highest BCUT2D eigenvalue weighted by atomic mass is 16.6. The number of aryl methyl sites for hydroxylation is 2. The van der Waals surface area contributed by atoms with Gasteiger partial charge in [-0.3, -0.25) is 15.0 Å². The third kappa shape index (κ3) is 3.56. The number of nitrogens with zero attached hydrogens (tertiary/aromatic N) is 3. The van der Waals surface area contributed by atoms with Gasteiger partial charge in [-0.05, 0) is 32.8 Å². The first kappa shape index (κ1) is 16.4. The molecule has 0 unspecified atom stereocenters. The van der Waals surface area contributed by atoms with Gasteiger partial charge in [-0.1, -0.05) is 17.3 Å². The highest BCUT2D eigenvalue weighted by molar-refractivity contribution is 5.61. The highest BCUT2D eigenvalue weighted by Crippen LogP contribution is 2.26. The summed E-state index contributed by atoms with van der Waals surface area (Å²) in [5, 5.41) is 18.4. The van der Waals surface area contributed by atoms with Crippen LogP contribution in [0, 0.1) is 24.0 Å². The molecule has 128 valence electrons. The van der Waals surface area contributed by atoms with Crippen molar-refractivity contribution < 1.29 is 9.45 Å². The zero-order valence-electron chi connectivity index (χ0n) is 14.0. The number of anilines is 1. The highest BCUT2D eigenvalue weighted by Gasteiger charge is 2.23. The molecule has 1 N–H and O–H groups in total. The van der Waals surface area contributed by atoms with Crippen molar-refractivity contribution in [3.63, 3.8) is 0 Å². The molecular weight excluding hydrogens is 308 g/mol. The van der Waals surface area contributed by atoms with Gasteiger partial charge in [0.05, 0.1) is 10.6 Å². The lowest BCUT2D eigenvalue weighted by Crippen LogP contribution is -2.38. The van der Waals surface area contributed by atoms with Crippen molar-refractivity contribution in [1.29, 1.82) is 0 Å². The fourth-order valence-corrected chi connectivity index (χ4v) is 3.16. The molecule has 1 aromatic heterocycles. The van der Waals surface area contributed by atoms with Crippen LogP contribution in [0.2, 0.25) is 0 Å². The van der Waals surface area contributed by atoms with Crippen LogP contribution in [-0.2, 0) is 6.54 Å². The van der Waals surface area contributed by atoms with Crippen molar-refractivity contribution >= 4 is 11.4 Å². The number of benzene rings is 1. The van der Waals surface area contributed by atoms with Crippen molar-refractivity contribution in [2.75, 3.05) is 18.4 Å². The molecule has 7 nitrogen and oxygen atoms in total. The smallest absolute Gasteiger partial charge is 0.292 e. The maximum Gasteiger partial charge on any atom is 0.292 e. The molecule has 24 heavy (non-hydrogen) atoms. The van der Waals surface area contributed by atoms with E-state index in [-0.39, 0.29) is 16.7 Å². The van der Waals surface area contributed by atoms with Crippen LogP contribution in [0.3, 0.4) is 0 Å². The zero-order valence-corrected chi connectivity index (χ0v) is 14.0. The minimum atomic E-state index is -0.338. The first-order valence-corrected chi connectivity index (χ1v) is 8.18. The van der Waals surface area contributed by atoms with Crippen LogP contribution < -0.4 is 5.32 Å². The third-order valence-corrected chi connectivity index (χ3v) is 4.61. The van der Waals surface area contributed by atoms with Crippen LogP contribution >= 0.6 is 0 Å². The summed E-state index contributed by atoms with van der Waals surface area (Å²) >= 11 is 0. The zero-order chi connectivity index (χ0) is 17.1. The van der Waals surface area contributed by atoms with E-state index >= 15 is 0 Å². The molecule has 0 radical (unpaired) electrons. The molecule has 0 saturated carbocycles. The van der Waals surface area contributed by atoms with E-state index in [1.165, 1.54) is 11.6 Å². The molecule has 0 atom stereocenters. The number of nitrogens with one attached hydrogen (secondary N) is 1. The molecule has 0 aliphatic carbocycles. The Morgan fingerprint density at radius 1 is 1.33 bits per heavy atom. The molecule has 0 spiro atoms. The molecule has 7 heteroatoms. The van der Waals surface area contributed by atoms with Gasteiger partial charge in [0, 0.05) is 37.3 Å². The second-order valence-electron chi connectivity index (χ2n) is 6.27. The number of rotatable bonds is 5. The van der Waals surface area contributed by atoms with Crippen LogP contribution in [0.4, 0.5) is 11.4 Å². The standard InChI is InChI=1S/C17H22N4O3/c1-12-15(13(2)24-19-12)11-20-9-7-14(8-10-20)18-16-5-3-4-6-17(16)21(22)23/h3-6,14,18H,7-11H2,1-2H3. The first-order valence-electron chi connectivity index (χ1n) is 8.18. The molecule has 1 aromatic carbocycles. The molecule has 0 bridgehead atoms. The maximum atomic E-state index is 11.1. The number of hydrogen-bond acceptors (Lipinski definition) is 6. The van der Waals surface area contributed by atoms with Gasteiger partial charge in [-0.25, -0.2) is 0 Å². The molecule has 1 saturated heterocycles. The van der Waals surface area contributed by atoms with Crippen LogP contribution in [0.15, 0.2) is 28.8 Å². The molecule has 0 amide bonds. The maximum absolute atomic E-state index is 11.1. The molecule has 1 aliphatic heterocycles. The SMILES string of the molecule is Cc1noc(C)c1CN1CCC(Nc2ccccc2[N+](=O)[O-])CC1. The lowest BCUT2D eigenvalue weighted by atomic mass is 10.0. The van der Waals surface area contributed by atoms with Gasteiger partial charge >= 0.3 is 0 Å². The Hall–Kier alpha value is -2.41. The monoisotopic (exact) mass is 330 g/mol. The Balaban J connectivity index is 1.57. The van der Waals surface area contributed by atoms with Gasteiger partial charge < -0.3 is 9.84 Å². The Morgan fingerprint density at radius 2 is 2.04 bits per heavy atom. The molecule has 2 heterocycles. The van der Waals surface area contributed by atoms with Crippen LogP contribution in [0.25, 0.3) is 0 Å². The average molecular weight is 330 g/mol. The molecule has 3 rings (SSSR count). The second-order valence-corrected chi connectivity index (χ2v) is 6.27. The van der Waals surface area contributed by atoms with Crippen LogP contribution in [0.5, 0.6) is 0 Å². The van der Waals surface area contributed by atoms with E-state index in [2.05, 4.69) is 15.4 Å².